The number of aromatic amines is 1. The van der Waals surface area contributed by atoms with Crippen LogP contribution in [0.25, 0.3) is 11.3 Å². The Hall–Kier alpha value is -1.88. The van der Waals surface area contributed by atoms with Crippen molar-refractivity contribution in [2.45, 2.75) is 19.4 Å². The lowest BCUT2D eigenvalue weighted by molar-refractivity contribution is 0.576. The lowest BCUT2D eigenvalue weighted by Crippen LogP contribution is -2.39. The molecule has 5 heteroatoms. The molecule has 0 unspecified atom stereocenters. The van der Waals surface area contributed by atoms with Crippen molar-refractivity contribution in [1.82, 2.24) is 15.2 Å². The third kappa shape index (κ3) is 2.82. The monoisotopic (exact) mass is 231 g/mol. The van der Waals surface area contributed by atoms with E-state index < -0.39 is 0 Å². The van der Waals surface area contributed by atoms with E-state index in [1.54, 1.807) is 0 Å². The maximum absolute atomic E-state index is 5.65. The summed E-state index contributed by atoms with van der Waals surface area (Å²) in [5.74, 6) is 0.736. The molecule has 0 aliphatic carbocycles. The van der Waals surface area contributed by atoms with Gasteiger partial charge in [-0.2, -0.15) is 0 Å². The number of nitrogens with two attached hydrogens (primary N) is 1. The normalized spacial score (nSPS) is 11.5. The number of hydrogen-bond acceptors (Lipinski definition) is 4. The molecule has 0 bridgehead atoms. The fraction of sp³-hybridized carbons (Fsp3) is 0.333. The van der Waals surface area contributed by atoms with E-state index in [0.717, 1.165) is 17.1 Å². The fourth-order valence-electron chi connectivity index (χ4n) is 1.43. The molecule has 0 saturated heterocycles. The van der Waals surface area contributed by atoms with Crippen LogP contribution in [0.1, 0.15) is 13.8 Å². The largest absolute Gasteiger partial charge is 0.367 e. The molecule has 90 valence electrons. The number of nitrogens with zero attached hydrogens (tertiary/aromatic N) is 2. The predicted octanol–water partition coefficient (Wildman–Crippen LogP) is 1.62. The van der Waals surface area contributed by atoms with Crippen LogP contribution in [0.3, 0.4) is 0 Å². The van der Waals surface area contributed by atoms with E-state index in [1.807, 2.05) is 44.4 Å². The second-order valence-electron chi connectivity index (χ2n) is 4.62. The Kier molecular flexibility index (Phi) is 3.10. The summed E-state index contributed by atoms with van der Waals surface area (Å²) in [5, 5.41) is 11.5. The number of hydrogen-bond donors (Lipinski definition) is 3. The molecule has 0 aliphatic heterocycles. The quantitative estimate of drug-likeness (QED) is 0.747. The molecule has 5 nitrogen and oxygen atoms in total. The van der Waals surface area contributed by atoms with Gasteiger partial charge in [-0.05, 0) is 32.0 Å². The van der Waals surface area contributed by atoms with Crippen LogP contribution in [0.4, 0.5) is 5.82 Å². The third-order valence-electron chi connectivity index (χ3n) is 2.54. The van der Waals surface area contributed by atoms with Crippen LogP contribution < -0.4 is 11.1 Å². The van der Waals surface area contributed by atoms with Crippen molar-refractivity contribution < 1.29 is 0 Å². The molecule has 0 saturated carbocycles. The van der Waals surface area contributed by atoms with E-state index >= 15 is 0 Å². The molecular weight excluding hydrogens is 214 g/mol. The highest BCUT2D eigenvalue weighted by molar-refractivity contribution is 5.58. The predicted molar refractivity (Wildman–Crippen MR) is 68.6 cm³/mol. The van der Waals surface area contributed by atoms with Crippen molar-refractivity contribution in [1.29, 1.82) is 0 Å². The summed E-state index contributed by atoms with van der Waals surface area (Å²) >= 11 is 0. The molecule has 2 aromatic rings. The van der Waals surface area contributed by atoms with Gasteiger partial charge in [0.05, 0.1) is 5.69 Å². The number of nitrogens with one attached hydrogen (secondary N) is 2. The van der Waals surface area contributed by atoms with Gasteiger partial charge in [0.2, 0.25) is 0 Å². The number of anilines is 1. The zero-order valence-electron chi connectivity index (χ0n) is 10.1. The molecule has 0 spiro atoms. The van der Waals surface area contributed by atoms with E-state index in [0.29, 0.717) is 6.54 Å². The van der Waals surface area contributed by atoms with Crippen LogP contribution in [0, 0.1) is 0 Å². The van der Waals surface area contributed by atoms with Crippen molar-refractivity contribution in [2.24, 2.45) is 5.73 Å². The summed E-state index contributed by atoms with van der Waals surface area (Å²) in [7, 11) is 0. The Morgan fingerprint density at radius 3 is 2.65 bits per heavy atom. The van der Waals surface area contributed by atoms with Gasteiger partial charge in [0.15, 0.2) is 0 Å². The van der Waals surface area contributed by atoms with Gasteiger partial charge in [-0.3, -0.25) is 0 Å². The molecule has 2 heterocycles. The zero-order chi connectivity index (χ0) is 12.3. The summed E-state index contributed by atoms with van der Waals surface area (Å²) in [6.07, 6.45) is 3.75. The SMILES string of the molecule is CC(C)(CN)Nc1ccc(-c2cc[nH]c2)nn1. The van der Waals surface area contributed by atoms with E-state index in [1.165, 1.54) is 0 Å². The summed E-state index contributed by atoms with van der Waals surface area (Å²) < 4.78 is 0. The lowest BCUT2D eigenvalue weighted by atomic mass is 10.1. The molecule has 0 fully saturated rings. The first-order valence-corrected chi connectivity index (χ1v) is 5.56. The first kappa shape index (κ1) is 11.6. The van der Waals surface area contributed by atoms with Gasteiger partial charge in [-0.1, -0.05) is 0 Å². The molecule has 17 heavy (non-hydrogen) atoms. The minimum absolute atomic E-state index is 0.176. The summed E-state index contributed by atoms with van der Waals surface area (Å²) in [6.45, 7) is 4.58. The van der Waals surface area contributed by atoms with Gasteiger partial charge in [-0.25, -0.2) is 0 Å². The van der Waals surface area contributed by atoms with E-state index in [4.69, 9.17) is 5.73 Å². The van der Waals surface area contributed by atoms with Crippen LogP contribution in [0.15, 0.2) is 30.6 Å². The highest BCUT2D eigenvalue weighted by atomic mass is 15.2. The van der Waals surface area contributed by atoms with E-state index in [-0.39, 0.29) is 5.54 Å². The number of rotatable bonds is 4. The highest BCUT2D eigenvalue weighted by Gasteiger charge is 2.15. The van der Waals surface area contributed by atoms with Crippen LogP contribution >= 0.6 is 0 Å². The molecule has 4 N–H and O–H groups in total. The average molecular weight is 231 g/mol. The van der Waals surface area contributed by atoms with Gasteiger partial charge in [0.25, 0.3) is 0 Å². The van der Waals surface area contributed by atoms with Crippen LogP contribution in [0.2, 0.25) is 0 Å². The maximum atomic E-state index is 5.65. The van der Waals surface area contributed by atoms with E-state index in [2.05, 4.69) is 20.5 Å². The summed E-state index contributed by atoms with van der Waals surface area (Å²) in [5.41, 5.74) is 7.35. The van der Waals surface area contributed by atoms with Gasteiger partial charge in [0, 0.05) is 30.0 Å². The molecule has 0 atom stereocenters. The van der Waals surface area contributed by atoms with Crippen LogP contribution in [-0.2, 0) is 0 Å². The molecule has 2 rings (SSSR count). The summed E-state index contributed by atoms with van der Waals surface area (Å²) in [6, 6.07) is 5.80. The second kappa shape index (κ2) is 4.55. The maximum Gasteiger partial charge on any atom is 0.149 e. The fourth-order valence-corrected chi connectivity index (χ4v) is 1.43. The number of H-pyrrole nitrogens is 1. The van der Waals surface area contributed by atoms with Gasteiger partial charge >= 0.3 is 0 Å². The molecule has 2 aromatic heterocycles. The summed E-state index contributed by atoms with van der Waals surface area (Å²) in [4.78, 5) is 2.99. The Labute approximate surface area is 100 Å². The first-order chi connectivity index (χ1) is 8.11. The zero-order valence-corrected chi connectivity index (χ0v) is 10.1. The minimum atomic E-state index is -0.176. The molecular formula is C12H17N5. The van der Waals surface area contributed by atoms with Gasteiger partial charge in [-0.15, -0.1) is 10.2 Å². The molecule has 0 amide bonds. The number of aromatic nitrogens is 3. The first-order valence-electron chi connectivity index (χ1n) is 5.56. The molecule has 0 radical (unpaired) electrons. The standard InChI is InChI=1S/C12H17N5/c1-12(2,8-13)15-11-4-3-10(16-17-11)9-5-6-14-7-9/h3-7,14H,8,13H2,1-2H3,(H,15,17). The van der Waals surface area contributed by atoms with Crippen molar-refractivity contribution in [3.8, 4) is 11.3 Å². The van der Waals surface area contributed by atoms with Crippen LogP contribution in [-0.4, -0.2) is 27.3 Å². The molecule has 0 aliphatic rings. The lowest BCUT2D eigenvalue weighted by Gasteiger charge is -2.24. The Morgan fingerprint density at radius 1 is 1.29 bits per heavy atom. The Morgan fingerprint density at radius 2 is 2.12 bits per heavy atom. The van der Waals surface area contributed by atoms with E-state index in [9.17, 15) is 0 Å². The minimum Gasteiger partial charge on any atom is -0.367 e. The third-order valence-corrected chi connectivity index (χ3v) is 2.54. The van der Waals surface area contributed by atoms with Gasteiger partial charge < -0.3 is 16.0 Å². The van der Waals surface area contributed by atoms with Crippen molar-refractivity contribution in [2.75, 3.05) is 11.9 Å². The highest BCUT2D eigenvalue weighted by Crippen LogP contribution is 2.17. The average Bonchev–Trinajstić information content (AvgIpc) is 2.83. The molecule has 0 aromatic carbocycles. The smallest absolute Gasteiger partial charge is 0.149 e. The van der Waals surface area contributed by atoms with Crippen molar-refractivity contribution in [3.63, 3.8) is 0 Å². The Balaban J connectivity index is 2.14. The van der Waals surface area contributed by atoms with Gasteiger partial charge in [0.1, 0.15) is 5.82 Å². The van der Waals surface area contributed by atoms with Crippen molar-refractivity contribution in [3.05, 3.63) is 30.6 Å². The van der Waals surface area contributed by atoms with Crippen LogP contribution in [0.5, 0.6) is 0 Å². The second-order valence-corrected chi connectivity index (χ2v) is 4.62. The Bertz CT molecular complexity index is 458. The topological polar surface area (TPSA) is 79.6 Å². The van der Waals surface area contributed by atoms with Crippen molar-refractivity contribution >= 4 is 5.82 Å².